The molecule has 0 fully saturated rings. The summed E-state index contributed by atoms with van der Waals surface area (Å²) in [6.07, 6.45) is -1.38. The standard InChI is InChI=1S/C33H21N3O7/c1-19-27-28(25-9-5-6-10-26(25)34-19)32(39)35(31(27)38)23-15-13-22(14-16-23)33(40)43-30(29(37)20-7-3-2-4-8-20)21-11-17-24(18-12-21)36(41)42/h2-18,30H,1H3. The molecule has 0 bridgehead atoms. The number of esters is 1. The molecule has 1 aliphatic rings. The van der Waals surface area contributed by atoms with Gasteiger partial charge in [-0.2, -0.15) is 0 Å². The number of rotatable bonds is 7. The molecule has 2 heterocycles. The van der Waals surface area contributed by atoms with Crippen LogP contribution < -0.4 is 4.90 Å². The molecule has 10 nitrogen and oxygen atoms in total. The van der Waals surface area contributed by atoms with E-state index < -0.39 is 34.6 Å². The third-order valence-electron chi connectivity index (χ3n) is 7.20. The third-order valence-corrected chi connectivity index (χ3v) is 7.20. The highest BCUT2D eigenvalue weighted by molar-refractivity contribution is 6.37. The number of pyridine rings is 1. The number of carbonyl (C=O) groups is 4. The van der Waals surface area contributed by atoms with Crippen molar-refractivity contribution >= 4 is 45.8 Å². The first-order chi connectivity index (χ1) is 20.7. The molecule has 0 saturated carbocycles. The number of Topliss-reactive ketones (excluding diaryl/α,β-unsaturated/α-hetero) is 1. The largest absolute Gasteiger partial charge is 0.445 e. The van der Waals surface area contributed by atoms with E-state index in [1.54, 1.807) is 61.5 Å². The van der Waals surface area contributed by atoms with Crippen molar-refractivity contribution in [1.29, 1.82) is 0 Å². The fourth-order valence-electron chi connectivity index (χ4n) is 5.09. The number of hydrogen-bond acceptors (Lipinski definition) is 8. The number of nitrogens with zero attached hydrogens (tertiary/aromatic N) is 3. The van der Waals surface area contributed by atoms with Gasteiger partial charge in [0.25, 0.3) is 17.5 Å². The maximum atomic E-state index is 13.5. The lowest BCUT2D eigenvalue weighted by atomic mass is 9.99. The maximum absolute atomic E-state index is 13.5. The van der Waals surface area contributed by atoms with Crippen molar-refractivity contribution in [3.8, 4) is 0 Å². The second-order valence-electron chi connectivity index (χ2n) is 9.82. The molecule has 2 amide bonds. The summed E-state index contributed by atoms with van der Waals surface area (Å²) < 4.78 is 5.65. The van der Waals surface area contributed by atoms with Crippen molar-refractivity contribution in [2.75, 3.05) is 4.90 Å². The summed E-state index contributed by atoms with van der Waals surface area (Å²) in [5.41, 5.74) is 2.24. The van der Waals surface area contributed by atoms with E-state index in [0.717, 1.165) is 4.90 Å². The van der Waals surface area contributed by atoms with E-state index in [0.29, 0.717) is 16.6 Å². The van der Waals surface area contributed by atoms with Gasteiger partial charge in [-0.05, 0) is 49.4 Å². The van der Waals surface area contributed by atoms with Gasteiger partial charge in [-0.25, -0.2) is 9.69 Å². The molecule has 6 rings (SSSR count). The smallest absolute Gasteiger partial charge is 0.339 e. The van der Waals surface area contributed by atoms with Crippen molar-refractivity contribution < 1.29 is 28.8 Å². The van der Waals surface area contributed by atoms with Gasteiger partial charge in [-0.15, -0.1) is 0 Å². The minimum Gasteiger partial charge on any atom is -0.445 e. The molecule has 0 radical (unpaired) electrons. The van der Waals surface area contributed by atoms with Crippen LogP contribution in [0.1, 0.15) is 58.8 Å². The van der Waals surface area contributed by atoms with Gasteiger partial charge in [0, 0.05) is 28.6 Å². The number of ether oxygens (including phenoxy) is 1. The average molecular weight is 572 g/mol. The molecule has 1 atom stereocenters. The number of benzene rings is 4. The van der Waals surface area contributed by atoms with Gasteiger partial charge in [0.1, 0.15) is 0 Å². The maximum Gasteiger partial charge on any atom is 0.339 e. The molecule has 0 N–H and O–H groups in total. The van der Waals surface area contributed by atoms with Crippen LogP contribution in [0.2, 0.25) is 0 Å². The number of non-ortho nitro benzene ring substituents is 1. The number of amides is 2. The van der Waals surface area contributed by atoms with Crippen molar-refractivity contribution in [3.63, 3.8) is 0 Å². The SMILES string of the molecule is Cc1nc2ccccc2c2c1C(=O)N(c1ccc(C(=O)OC(C(=O)c3ccccc3)c3ccc([N+](=O)[O-])cc3)cc1)C2=O. The van der Waals surface area contributed by atoms with E-state index in [2.05, 4.69) is 4.98 Å². The number of anilines is 1. The second kappa shape index (κ2) is 10.7. The van der Waals surface area contributed by atoms with Crippen LogP contribution >= 0.6 is 0 Å². The molecule has 0 spiro atoms. The van der Waals surface area contributed by atoms with Crippen LogP contribution in [0.15, 0.2) is 103 Å². The summed E-state index contributed by atoms with van der Waals surface area (Å²) in [6.45, 7) is 1.68. The second-order valence-corrected chi connectivity index (χ2v) is 9.82. The fourth-order valence-corrected chi connectivity index (χ4v) is 5.09. The Hall–Kier alpha value is -6.03. The Labute approximate surface area is 244 Å². The Balaban J connectivity index is 1.28. The monoisotopic (exact) mass is 571 g/mol. The molecule has 0 aliphatic carbocycles. The highest BCUT2D eigenvalue weighted by atomic mass is 16.6. The van der Waals surface area contributed by atoms with Gasteiger partial charge in [0.15, 0.2) is 6.10 Å². The molecule has 4 aromatic carbocycles. The molecule has 1 unspecified atom stereocenters. The number of carbonyl (C=O) groups excluding carboxylic acids is 4. The first-order valence-corrected chi connectivity index (χ1v) is 13.2. The fraction of sp³-hybridized carbons (Fsp3) is 0.0606. The zero-order valence-corrected chi connectivity index (χ0v) is 22.6. The molecular weight excluding hydrogens is 550 g/mol. The van der Waals surface area contributed by atoms with E-state index in [4.69, 9.17) is 4.74 Å². The number of nitro benzene ring substituents is 1. The molecular formula is C33H21N3O7. The molecule has 43 heavy (non-hydrogen) atoms. The van der Waals surface area contributed by atoms with E-state index >= 15 is 0 Å². The normalized spacial score (nSPS) is 13.1. The average Bonchev–Trinajstić information content (AvgIpc) is 3.30. The van der Waals surface area contributed by atoms with Crippen molar-refractivity contribution in [2.24, 2.45) is 0 Å². The zero-order chi connectivity index (χ0) is 30.2. The highest BCUT2D eigenvalue weighted by Crippen LogP contribution is 2.34. The van der Waals surface area contributed by atoms with Gasteiger partial charge in [-0.1, -0.05) is 48.5 Å². The number of aromatic nitrogens is 1. The van der Waals surface area contributed by atoms with E-state index in [1.165, 1.54) is 48.5 Å². The molecule has 0 saturated heterocycles. The number of ketones is 1. The van der Waals surface area contributed by atoms with Crippen LogP contribution in [0.3, 0.4) is 0 Å². The van der Waals surface area contributed by atoms with Crippen molar-refractivity contribution in [3.05, 3.63) is 147 Å². The van der Waals surface area contributed by atoms with E-state index in [1.807, 2.05) is 0 Å². The summed E-state index contributed by atoms with van der Waals surface area (Å²) in [5.74, 6) is -2.37. The van der Waals surface area contributed by atoms with Gasteiger partial charge < -0.3 is 4.74 Å². The molecule has 210 valence electrons. The summed E-state index contributed by atoms with van der Waals surface area (Å²) in [6, 6.07) is 26.2. The van der Waals surface area contributed by atoms with Gasteiger partial charge in [-0.3, -0.25) is 29.5 Å². The molecule has 1 aliphatic heterocycles. The topological polar surface area (TPSA) is 137 Å². The number of aryl methyl sites for hydroxylation is 1. The van der Waals surface area contributed by atoms with Crippen LogP contribution in [-0.2, 0) is 4.74 Å². The minimum atomic E-state index is -1.38. The third kappa shape index (κ3) is 4.80. The lowest BCUT2D eigenvalue weighted by Crippen LogP contribution is -2.29. The first-order valence-electron chi connectivity index (χ1n) is 13.2. The highest BCUT2D eigenvalue weighted by Gasteiger charge is 2.40. The lowest BCUT2D eigenvalue weighted by molar-refractivity contribution is -0.384. The number of nitro groups is 1. The van der Waals surface area contributed by atoms with Gasteiger partial charge in [0.05, 0.1) is 38.5 Å². The quantitative estimate of drug-likeness (QED) is 0.0759. The van der Waals surface area contributed by atoms with E-state index in [-0.39, 0.29) is 39.2 Å². The predicted molar refractivity (Wildman–Crippen MR) is 156 cm³/mol. The summed E-state index contributed by atoms with van der Waals surface area (Å²) >= 11 is 0. The predicted octanol–water partition coefficient (Wildman–Crippen LogP) is 6.03. The Bertz CT molecular complexity index is 1950. The first kappa shape index (κ1) is 27.2. The number of imide groups is 1. The molecule has 5 aromatic rings. The Morgan fingerprint density at radius 2 is 1.42 bits per heavy atom. The van der Waals surface area contributed by atoms with Crippen molar-refractivity contribution in [2.45, 2.75) is 13.0 Å². The number of hydrogen-bond donors (Lipinski definition) is 0. The van der Waals surface area contributed by atoms with Crippen LogP contribution in [0.25, 0.3) is 10.9 Å². The van der Waals surface area contributed by atoms with Gasteiger partial charge in [0.2, 0.25) is 5.78 Å². The number of para-hydroxylation sites is 1. The zero-order valence-electron chi connectivity index (χ0n) is 22.6. The summed E-state index contributed by atoms with van der Waals surface area (Å²) in [7, 11) is 0. The van der Waals surface area contributed by atoms with Crippen LogP contribution in [0.4, 0.5) is 11.4 Å². The van der Waals surface area contributed by atoms with Gasteiger partial charge >= 0.3 is 5.97 Å². The molecule has 1 aromatic heterocycles. The summed E-state index contributed by atoms with van der Waals surface area (Å²) in [5, 5.41) is 11.7. The number of fused-ring (bicyclic) bond motifs is 3. The van der Waals surface area contributed by atoms with Crippen LogP contribution in [0, 0.1) is 17.0 Å². The lowest BCUT2D eigenvalue weighted by Gasteiger charge is -2.18. The Morgan fingerprint density at radius 1 is 0.791 bits per heavy atom. The minimum absolute atomic E-state index is 0.0661. The van der Waals surface area contributed by atoms with Crippen molar-refractivity contribution in [1.82, 2.24) is 4.98 Å². The van der Waals surface area contributed by atoms with E-state index in [9.17, 15) is 29.3 Å². The Morgan fingerprint density at radius 3 is 2.09 bits per heavy atom. The van der Waals surface area contributed by atoms with Crippen LogP contribution in [-0.4, -0.2) is 33.5 Å². The Kier molecular flexibility index (Phi) is 6.79. The molecule has 10 heteroatoms. The van der Waals surface area contributed by atoms with Crippen LogP contribution in [0.5, 0.6) is 0 Å². The summed E-state index contributed by atoms with van der Waals surface area (Å²) in [4.78, 5) is 69.5.